The number of benzene rings is 4. The molecule has 0 radical (unpaired) electrons. The van der Waals surface area contributed by atoms with Crippen molar-refractivity contribution in [2.75, 3.05) is 22.6 Å². The van der Waals surface area contributed by atoms with Crippen molar-refractivity contribution in [2.45, 2.75) is 69.6 Å². The number of carbonyl (C=O) groups is 3. The minimum absolute atomic E-state index is 0.272. The summed E-state index contributed by atoms with van der Waals surface area (Å²) in [5.41, 5.74) is 30.5. The first kappa shape index (κ1) is 52.8. The van der Waals surface area contributed by atoms with Gasteiger partial charge < -0.3 is 73.0 Å². The van der Waals surface area contributed by atoms with Crippen LogP contribution in [-0.2, 0) is 19.1 Å². The molecular formula is C59H58N10O9. The third-order valence-electron chi connectivity index (χ3n) is 13.6. The Hall–Kier alpha value is -8.63. The van der Waals surface area contributed by atoms with Crippen LogP contribution in [0.15, 0.2) is 121 Å². The molecule has 398 valence electrons. The van der Waals surface area contributed by atoms with Crippen molar-refractivity contribution >= 4 is 81.2 Å². The highest BCUT2D eigenvalue weighted by molar-refractivity contribution is 6.02. The monoisotopic (exact) mass is 1050 g/mol. The number of H-pyrrole nitrogens is 2. The van der Waals surface area contributed by atoms with Gasteiger partial charge in [0.15, 0.2) is 0 Å². The maximum absolute atomic E-state index is 12.6. The number of nitrogens with zero attached hydrogens (tertiary/aromatic N) is 2. The molecule has 1 saturated heterocycles. The molecule has 3 amide bonds. The number of hydrogen-bond donors (Lipinski definition) is 12. The van der Waals surface area contributed by atoms with Gasteiger partial charge in [0.25, 0.3) is 0 Å². The molecule has 10 rings (SSSR count). The van der Waals surface area contributed by atoms with Crippen LogP contribution in [0.2, 0.25) is 0 Å². The Labute approximate surface area is 447 Å². The molecule has 78 heavy (non-hydrogen) atoms. The van der Waals surface area contributed by atoms with Crippen LogP contribution in [-0.4, -0.2) is 114 Å². The molecule has 8 bridgehead atoms. The van der Waals surface area contributed by atoms with Gasteiger partial charge in [0.2, 0.25) is 24.0 Å². The van der Waals surface area contributed by atoms with E-state index in [0.29, 0.717) is 67.5 Å². The number of aromatic nitrogens is 4. The van der Waals surface area contributed by atoms with Gasteiger partial charge in [-0.05, 0) is 140 Å². The zero-order valence-corrected chi connectivity index (χ0v) is 42.6. The summed E-state index contributed by atoms with van der Waals surface area (Å²) in [6.07, 6.45) is 0.424. The summed E-state index contributed by atoms with van der Waals surface area (Å²) >= 11 is 0. The van der Waals surface area contributed by atoms with Crippen LogP contribution in [0.5, 0.6) is 5.75 Å². The number of nitrogens with two attached hydrogens (primary N) is 3. The molecule has 3 aliphatic heterocycles. The predicted octanol–water partition coefficient (Wildman–Crippen LogP) is 6.36. The van der Waals surface area contributed by atoms with Gasteiger partial charge in [-0.15, -0.1) is 0 Å². The second-order valence-corrected chi connectivity index (χ2v) is 19.4. The highest BCUT2D eigenvalue weighted by atomic mass is 16.7. The van der Waals surface area contributed by atoms with E-state index in [0.717, 1.165) is 38.9 Å². The van der Waals surface area contributed by atoms with Gasteiger partial charge in [-0.25, -0.2) is 9.97 Å². The zero-order valence-electron chi connectivity index (χ0n) is 42.6. The van der Waals surface area contributed by atoms with Crippen LogP contribution < -0.4 is 37.9 Å². The topological polar surface area (TPSA) is 322 Å². The van der Waals surface area contributed by atoms with E-state index in [9.17, 15) is 34.8 Å². The lowest BCUT2D eigenvalue weighted by Crippen LogP contribution is -2.60. The maximum atomic E-state index is 12.6. The van der Waals surface area contributed by atoms with E-state index in [-0.39, 0.29) is 23.5 Å². The first-order valence-electron chi connectivity index (χ1n) is 25.3. The van der Waals surface area contributed by atoms with E-state index in [1.807, 2.05) is 109 Å². The number of anilines is 3. The Balaban J connectivity index is 1.21. The zero-order chi connectivity index (χ0) is 54.9. The van der Waals surface area contributed by atoms with Gasteiger partial charge in [0, 0.05) is 61.4 Å². The smallest absolute Gasteiger partial charge is 0.240 e. The van der Waals surface area contributed by atoms with Crippen molar-refractivity contribution in [1.82, 2.24) is 19.9 Å². The summed E-state index contributed by atoms with van der Waals surface area (Å²) in [4.78, 5) is 56.0. The van der Waals surface area contributed by atoms with Crippen LogP contribution in [0.3, 0.4) is 0 Å². The Morgan fingerprint density at radius 1 is 0.500 bits per heavy atom. The minimum atomic E-state index is -1.62. The molecule has 8 atom stereocenters. The summed E-state index contributed by atoms with van der Waals surface area (Å²) in [6, 6.07) is 35.0. The van der Waals surface area contributed by atoms with Crippen LogP contribution in [0.4, 0.5) is 17.1 Å². The number of ether oxygens (including phenoxy) is 2. The average molecular weight is 1050 g/mol. The van der Waals surface area contributed by atoms with Crippen molar-refractivity contribution in [3.05, 3.63) is 144 Å². The molecule has 19 heteroatoms. The van der Waals surface area contributed by atoms with Crippen LogP contribution in [0.1, 0.15) is 43.5 Å². The lowest BCUT2D eigenvalue weighted by molar-refractivity contribution is -0.277. The van der Waals surface area contributed by atoms with Gasteiger partial charge in [0.1, 0.15) is 30.2 Å². The molecule has 3 aromatic heterocycles. The van der Waals surface area contributed by atoms with Gasteiger partial charge >= 0.3 is 0 Å². The number of amides is 3. The van der Waals surface area contributed by atoms with Gasteiger partial charge in [-0.3, -0.25) is 14.4 Å². The lowest BCUT2D eigenvalue weighted by atomic mass is 9.99. The fourth-order valence-corrected chi connectivity index (χ4v) is 9.35. The Morgan fingerprint density at radius 3 is 1.10 bits per heavy atom. The molecular weight excluding hydrogens is 993 g/mol. The first-order valence-corrected chi connectivity index (χ1v) is 25.3. The Kier molecular flexibility index (Phi) is 15.0. The molecule has 0 aliphatic carbocycles. The number of nitrogens with one attached hydrogen (secondary N) is 5. The Morgan fingerprint density at radius 2 is 0.808 bits per heavy atom. The number of carbonyl (C=O) groups excluding carboxylic acids is 3. The number of hydrogen-bond acceptors (Lipinski definition) is 14. The average Bonchev–Trinajstić information content (AvgIpc) is 4.44. The third-order valence-corrected chi connectivity index (χ3v) is 13.6. The van der Waals surface area contributed by atoms with Crippen LogP contribution in [0.25, 0.3) is 90.9 Å². The van der Waals surface area contributed by atoms with Gasteiger partial charge in [-0.2, -0.15) is 0 Å². The normalized spacial score (nSPS) is 18.9. The number of rotatable bonds is 13. The third kappa shape index (κ3) is 10.9. The van der Waals surface area contributed by atoms with Crippen molar-refractivity contribution in [3.63, 3.8) is 0 Å². The fraction of sp³-hybridized carbons (Fsp3) is 0.203. The molecule has 19 nitrogen and oxygen atoms in total. The summed E-state index contributed by atoms with van der Waals surface area (Å²) in [6.45, 7) is 4.23. The molecule has 0 spiro atoms. The molecule has 6 heterocycles. The summed E-state index contributed by atoms with van der Waals surface area (Å²) in [5.74, 6) is -0.714. The van der Waals surface area contributed by atoms with Gasteiger partial charge in [0.05, 0.1) is 47.5 Å². The standard InChI is InChI=1S/C59H58N10O9/c1-29(60)56(74)63-36-12-4-32(5-13-36)49-40-20-22-42(66-40)50(33-6-14-37(15-7-33)64-57(75)30(2)61)44-24-26-46(68-44)52(35-10-18-39(19-11-35)77-59-55(73)54(72)53(71)48(28-70)78-59)47-27-25-45(69-47)51(43-23-21-41(49)67-43)34-8-16-38(17-9-34)65-58(76)31(3)62/h4-27,29-31,48,53-55,59,66,69-73H,28,60-62H2,1-3H3,(H,63,74)(H,64,75)(H,65,76)/t29-,30-,31-,48+,53+,54-,55+,59+/m0/s1. The lowest BCUT2D eigenvalue weighted by Gasteiger charge is -2.39. The van der Waals surface area contributed by atoms with Crippen LogP contribution >= 0.6 is 0 Å². The number of aromatic amines is 2. The van der Waals surface area contributed by atoms with Crippen molar-refractivity contribution < 1.29 is 44.3 Å². The van der Waals surface area contributed by atoms with E-state index in [1.54, 1.807) is 57.2 Å². The van der Waals surface area contributed by atoms with Crippen LogP contribution in [0, 0.1) is 0 Å². The number of fused-ring (bicyclic) bond motifs is 8. The van der Waals surface area contributed by atoms with Gasteiger partial charge in [-0.1, -0.05) is 48.5 Å². The molecule has 7 aromatic rings. The summed E-state index contributed by atoms with van der Waals surface area (Å²) < 4.78 is 11.6. The summed E-state index contributed by atoms with van der Waals surface area (Å²) in [5, 5.41) is 50.0. The summed E-state index contributed by atoms with van der Waals surface area (Å²) in [7, 11) is 0. The first-order chi connectivity index (χ1) is 37.5. The molecule has 4 aromatic carbocycles. The van der Waals surface area contributed by atoms with Crippen molar-refractivity contribution in [2.24, 2.45) is 17.2 Å². The molecule has 3 aliphatic rings. The van der Waals surface area contributed by atoms with Crippen molar-refractivity contribution in [1.29, 1.82) is 0 Å². The molecule has 15 N–H and O–H groups in total. The maximum Gasteiger partial charge on any atom is 0.240 e. The second kappa shape index (κ2) is 22.1. The highest BCUT2D eigenvalue weighted by Crippen LogP contribution is 2.40. The largest absolute Gasteiger partial charge is 0.462 e. The number of aliphatic hydroxyl groups excluding tert-OH is 4. The molecule has 0 unspecified atom stereocenters. The SMILES string of the molecule is C[C@H](N)C(=O)Nc1ccc(-c2c3nc(c(-c4ccc(NC(=O)[C@H](C)N)cc4)c4ccc([nH]4)c(-c4ccc(O[C@@H]5O[C@H](CO)[C@@H](O)[C@H](O)[C@H]5O)cc4)c4nc(c(-c5ccc(NC(=O)[C@H](C)N)cc5)c5ccc2[nH]5)C=C4)C=C3)cc1. The molecule has 0 saturated carbocycles. The van der Waals surface area contributed by atoms with Crippen molar-refractivity contribution in [3.8, 4) is 50.3 Å². The highest BCUT2D eigenvalue weighted by Gasteiger charge is 2.44. The minimum Gasteiger partial charge on any atom is -0.462 e. The fourth-order valence-electron chi connectivity index (χ4n) is 9.35. The van der Waals surface area contributed by atoms with E-state index >= 15 is 0 Å². The quantitative estimate of drug-likeness (QED) is 0.0598. The Bertz CT molecular complexity index is 3580. The number of aliphatic hydroxyl groups is 4. The van der Waals surface area contributed by atoms with E-state index in [4.69, 9.17) is 36.6 Å². The van der Waals surface area contributed by atoms with E-state index in [2.05, 4.69) is 25.9 Å². The predicted molar refractivity (Wildman–Crippen MR) is 302 cm³/mol. The van der Waals surface area contributed by atoms with E-state index < -0.39 is 55.4 Å². The van der Waals surface area contributed by atoms with E-state index in [1.165, 1.54) is 0 Å². The second-order valence-electron chi connectivity index (χ2n) is 19.4. The molecule has 1 fully saturated rings.